The predicted octanol–water partition coefficient (Wildman–Crippen LogP) is 4.45. The number of hydrogen-bond acceptors (Lipinski definition) is 5. The molecule has 0 bridgehead atoms. The zero-order valence-electron chi connectivity index (χ0n) is 11.1. The van der Waals surface area contributed by atoms with E-state index >= 15 is 0 Å². The molecule has 1 aromatic carbocycles. The summed E-state index contributed by atoms with van der Waals surface area (Å²) in [6.07, 6.45) is -24.4. The van der Waals surface area contributed by atoms with Gasteiger partial charge in [-0.1, -0.05) is 0 Å². The first-order valence-corrected chi connectivity index (χ1v) is 5.55. The van der Waals surface area contributed by atoms with E-state index in [4.69, 9.17) is 5.21 Å². The highest BCUT2D eigenvalue weighted by Gasteiger charge is 2.62. The van der Waals surface area contributed by atoms with Crippen molar-refractivity contribution in [3.05, 3.63) is 23.4 Å². The van der Waals surface area contributed by atoms with Gasteiger partial charge in [0.2, 0.25) is 0 Å². The molecule has 25 heavy (non-hydrogen) atoms. The van der Waals surface area contributed by atoms with Gasteiger partial charge in [0.25, 0.3) is 0 Å². The van der Waals surface area contributed by atoms with Crippen LogP contribution in [0.1, 0.15) is 0 Å². The first kappa shape index (κ1) is 20.9. The Hall–Kier alpha value is -2.16. The number of hydrogen-bond donors (Lipinski definition) is 1. The second kappa shape index (κ2) is 6.29. The van der Waals surface area contributed by atoms with Crippen LogP contribution in [0.15, 0.2) is 18.2 Å². The maximum absolute atomic E-state index is 12.8. The van der Waals surface area contributed by atoms with E-state index in [-0.39, 0.29) is 18.2 Å². The minimum Gasteiger partial charge on any atom is -0.733 e. The van der Waals surface area contributed by atoms with Crippen molar-refractivity contribution in [3.8, 4) is 11.5 Å². The van der Waals surface area contributed by atoms with Gasteiger partial charge in [-0.05, 0) is 12.1 Å². The van der Waals surface area contributed by atoms with E-state index in [1.54, 1.807) is 0 Å². The van der Waals surface area contributed by atoms with E-state index in [9.17, 15) is 49.1 Å². The molecule has 0 atom stereocenters. The second-order valence-electron chi connectivity index (χ2n) is 4.14. The molecule has 0 fully saturated rings. The molecular formula is C10H4F10NO4-. The van der Waals surface area contributed by atoms with E-state index in [0.29, 0.717) is 0 Å². The van der Waals surface area contributed by atoms with Crippen LogP contribution in [0.3, 0.4) is 0 Å². The third-order valence-electron chi connectivity index (χ3n) is 2.28. The molecule has 1 N–H and O–H groups in total. The van der Waals surface area contributed by atoms with E-state index in [2.05, 4.69) is 9.47 Å². The summed E-state index contributed by atoms with van der Waals surface area (Å²) in [4.78, 5) is 0. The van der Waals surface area contributed by atoms with Crippen molar-refractivity contribution in [3.63, 3.8) is 0 Å². The van der Waals surface area contributed by atoms with Crippen LogP contribution in [-0.2, 0) is 0 Å². The lowest BCUT2D eigenvalue weighted by Crippen LogP contribution is -2.42. The molecule has 0 spiro atoms. The fourth-order valence-corrected chi connectivity index (χ4v) is 1.20. The Kier molecular flexibility index (Phi) is 5.25. The van der Waals surface area contributed by atoms with Crippen molar-refractivity contribution in [2.24, 2.45) is 0 Å². The van der Waals surface area contributed by atoms with Crippen molar-refractivity contribution >= 4 is 5.69 Å². The number of anilines is 1. The van der Waals surface area contributed by atoms with Crippen molar-refractivity contribution in [2.45, 2.75) is 24.6 Å². The van der Waals surface area contributed by atoms with Gasteiger partial charge in [0.15, 0.2) is 5.75 Å². The summed E-state index contributed by atoms with van der Waals surface area (Å²) in [5.41, 5.74) is -1.45. The summed E-state index contributed by atoms with van der Waals surface area (Å²) in [7, 11) is 0. The van der Waals surface area contributed by atoms with Crippen LogP contribution in [0.5, 0.6) is 11.5 Å². The largest absolute Gasteiger partial charge is 0.733 e. The summed E-state index contributed by atoms with van der Waals surface area (Å²) < 4.78 is 129. The average Bonchev–Trinajstić information content (AvgIpc) is 2.34. The van der Waals surface area contributed by atoms with Crippen LogP contribution in [0.25, 0.3) is 0 Å². The van der Waals surface area contributed by atoms with E-state index in [1.807, 2.05) is 0 Å². The van der Waals surface area contributed by atoms with Crippen molar-refractivity contribution in [2.75, 3.05) is 5.23 Å². The number of ether oxygens (including phenoxy) is 2. The van der Waals surface area contributed by atoms with E-state index < -0.39 is 47.0 Å². The van der Waals surface area contributed by atoms with Gasteiger partial charge in [0, 0.05) is 6.07 Å². The Morgan fingerprint density at radius 1 is 0.800 bits per heavy atom. The van der Waals surface area contributed by atoms with Gasteiger partial charge >= 0.3 is 24.6 Å². The number of nitrogens with zero attached hydrogens (tertiary/aromatic N) is 1. The fraction of sp³-hybridized carbons (Fsp3) is 0.400. The zero-order valence-corrected chi connectivity index (χ0v) is 11.1. The zero-order chi connectivity index (χ0) is 19.8. The van der Waals surface area contributed by atoms with E-state index in [1.165, 1.54) is 0 Å². The van der Waals surface area contributed by atoms with Crippen molar-refractivity contribution in [1.82, 2.24) is 0 Å². The maximum atomic E-state index is 12.8. The molecule has 0 amide bonds. The number of halogens is 10. The Morgan fingerprint density at radius 3 is 1.64 bits per heavy atom. The normalized spacial score (nSPS) is 13.6. The molecule has 0 radical (unpaired) electrons. The van der Waals surface area contributed by atoms with Gasteiger partial charge in [-0.25, -0.2) is 0 Å². The lowest BCUT2D eigenvalue weighted by atomic mass is 10.2. The number of rotatable bonds is 5. The van der Waals surface area contributed by atoms with Gasteiger partial charge in [0.05, 0.1) is 5.69 Å². The standard InChI is InChI=1S/C10H4F10NO4/c11-7(12,13)9(17,18)24-4-1-2-5(21(22)23)6(3-4)25-10(19,20)8(14,15)16/h1-3,22H/q-1. The van der Waals surface area contributed by atoms with Gasteiger partial charge in [-0.2, -0.15) is 43.9 Å². The molecular weight excluding hydrogens is 388 g/mol. The first-order valence-electron chi connectivity index (χ1n) is 5.55. The monoisotopic (exact) mass is 392 g/mol. The molecule has 144 valence electrons. The highest BCUT2D eigenvalue weighted by molar-refractivity contribution is 5.60. The summed E-state index contributed by atoms with van der Waals surface area (Å²) in [5, 5.41) is 17.9. The molecule has 0 heterocycles. The topological polar surface area (TPSA) is 65.0 Å². The average molecular weight is 392 g/mol. The van der Waals surface area contributed by atoms with Crippen LogP contribution in [-0.4, -0.2) is 29.8 Å². The molecule has 15 heteroatoms. The number of benzene rings is 1. The van der Waals surface area contributed by atoms with Crippen molar-refractivity contribution in [1.29, 1.82) is 0 Å². The van der Waals surface area contributed by atoms with Gasteiger partial charge in [0.1, 0.15) is 5.75 Å². The molecule has 5 nitrogen and oxygen atoms in total. The van der Waals surface area contributed by atoms with Crippen molar-refractivity contribution < 1.29 is 58.6 Å². The Balaban J connectivity index is 3.28. The molecule has 0 aromatic heterocycles. The Labute approximate surface area is 130 Å². The summed E-state index contributed by atoms with van der Waals surface area (Å²) in [5.74, 6) is -3.46. The third-order valence-corrected chi connectivity index (χ3v) is 2.28. The number of alkyl halides is 10. The van der Waals surface area contributed by atoms with Crippen LogP contribution in [0.2, 0.25) is 0 Å². The Bertz CT molecular complexity index is 613. The minimum atomic E-state index is -6.33. The van der Waals surface area contributed by atoms with Crippen LogP contribution < -0.4 is 14.7 Å². The van der Waals surface area contributed by atoms with Crippen LogP contribution in [0.4, 0.5) is 49.6 Å². The van der Waals surface area contributed by atoms with Gasteiger partial charge in [-0.15, -0.1) is 0 Å². The minimum absolute atomic E-state index is 0.108. The lowest BCUT2D eigenvalue weighted by Gasteiger charge is -2.28. The fourth-order valence-electron chi connectivity index (χ4n) is 1.20. The van der Waals surface area contributed by atoms with Crippen LogP contribution in [0, 0.1) is 5.21 Å². The third kappa shape index (κ3) is 4.68. The summed E-state index contributed by atoms with van der Waals surface area (Å²) >= 11 is 0. The molecule has 1 rings (SSSR count). The molecule has 0 aliphatic carbocycles. The maximum Gasteiger partial charge on any atom is 0.499 e. The highest BCUT2D eigenvalue weighted by Crippen LogP contribution is 2.43. The van der Waals surface area contributed by atoms with Crippen LogP contribution >= 0.6 is 0 Å². The predicted molar refractivity (Wildman–Crippen MR) is 57.3 cm³/mol. The SMILES string of the molecule is [O-]N(O)c1ccc(OC(F)(F)C(F)(F)F)cc1OC(F)(F)C(F)(F)F. The summed E-state index contributed by atoms with van der Waals surface area (Å²) in [6.45, 7) is 0. The second-order valence-corrected chi connectivity index (χ2v) is 4.14. The summed E-state index contributed by atoms with van der Waals surface area (Å²) in [6, 6.07) is -0.0268. The highest BCUT2D eigenvalue weighted by atomic mass is 19.4. The molecule has 0 unspecified atom stereocenters. The molecule has 0 aliphatic rings. The lowest BCUT2D eigenvalue weighted by molar-refractivity contribution is -0.362. The quantitative estimate of drug-likeness (QED) is 0.593. The molecule has 0 saturated carbocycles. The van der Waals surface area contributed by atoms with Gasteiger partial charge < -0.3 is 19.9 Å². The molecule has 0 aliphatic heterocycles. The van der Waals surface area contributed by atoms with E-state index in [0.717, 1.165) is 0 Å². The first-order chi connectivity index (χ1) is 11.0. The molecule has 1 aromatic rings. The Morgan fingerprint density at radius 2 is 1.24 bits per heavy atom. The molecule has 0 saturated heterocycles. The van der Waals surface area contributed by atoms with Gasteiger partial charge in [-0.3, -0.25) is 5.21 Å². The smallest absolute Gasteiger partial charge is 0.499 e.